The van der Waals surface area contributed by atoms with Crippen LogP contribution in [0.5, 0.6) is 0 Å². The topological polar surface area (TPSA) is 66.5 Å². The maximum Gasteiger partial charge on any atom is 0.261 e. The van der Waals surface area contributed by atoms with Crippen LogP contribution in [0.25, 0.3) is 0 Å². The molecule has 5 nitrogen and oxygen atoms in total. The van der Waals surface area contributed by atoms with Crippen molar-refractivity contribution in [2.24, 2.45) is 0 Å². The van der Waals surface area contributed by atoms with Gasteiger partial charge in [0.1, 0.15) is 0 Å². The lowest BCUT2D eigenvalue weighted by Crippen LogP contribution is -2.29. The second-order valence-electron chi connectivity index (χ2n) is 6.41. The zero-order valence-corrected chi connectivity index (χ0v) is 16.3. The van der Waals surface area contributed by atoms with E-state index in [0.717, 1.165) is 4.47 Å². The van der Waals surface area contributed by atoms with Gasteiger partial charge in [-0.3, -0.25) is 19.3 Å². The third-order valence-electron chi connectivity index (χ3n) is 4.49. The average molecular weight is 435 g/mol. The molecule has 1 N–H and O–H groups in total. The molecule has 28 heavy (non-hydrogen) atoms. The highest BCUT2D eigenvalue weighted by Crippen LogP contribution is 2.24. The first-order valence-electron chi connectivity index (χ1n) is 8.64. The molecule has 1 heterocycles. The first-order valence-corrected chi connectivity index (χ1v) is 9.43. The summed E-state index contributed by atoms with van der Waals surface area (Å²) in [6.45, 7) is 0.115. The van der Waals surface area contributed by atoms with E-state index in [-0.39, 0.29) is 24.3 Å². The number of rotatable bonds is 4. The number of imide groups is 1. The summed E-state index contributed by atoms with van der Waals surface area (Å²) >= 11 is 3.37. The molecule has 0 aliphatic carbocycles. The van der Waals surface area contributed by atoms with Gasteiger partial charge < -0.3 is 5.32 Å². The third kappa shape index (κ3) is 3.46. The van der Waals surface area contributed by atoms with E-state index in [1.807, 2.05) is 12.1 Å². The Morgan fingerprint density at radius 3 is 2.21 bits per heavy atom. The molecule has 0 bridgehead atoms. The van der Waals surface area contributed by atoms with E-state index in [4.69, 9.17) is 0 Å². The number of carbonyl (C=O) groups is 3. The number of carbonyl (C=O) groups excluding carboxylic acids is 3. The maximum atomic E-state index is 12.5. The van der Waals surface area contributed by atoms with Gasteiger partial charge in [0.2, 0.25) is 0 Å². The van der Waals surface area contributed by atoms with E-state index in [1.54, 1.807) is 60.7 Å². The van der Waals surface area contributed by atoms with Gasteiger partial charge in [0.25, 0.3) is 17.7 Å². The van der Waals surface area contributed by atoms with Gasteiger partial charge in [-0.1, -0.05) is 46.3 Å². The van der Waals surface area contributed by atoms with Gasteiger partial charge in [0.15, 0.2) is 0 Å². The maximum absolute atomic E-state index is 12.5. The van der Waals surface area contributed by atoms with Gasteiger partial charge >= 0.3 is 0 Å². The molecule has 0 saturated heterocycles. The lowest BCUT2D eigenvalue weighted by Gasteiger charge is -2.14. The van der Waals surface area contributed by atoms with Crippen LogP contribution in [0.1, 0.15) is 36.6 Å². The highest BCUT2D eigenvalue weighted by atomic mass is 79.9. The summed E-state index contributed by atoms with van der Waals surface area (Å²) in [6, 6.07) is 21.0. The van der Waals surface area contributed by atoms with Crippen LogP contribution in [-0.2, 0) is 6.54 Å². The Bertz CT molecular complexity index is 1080. The minimum Gasteiger partial charge on any atom is -0.322 e. The predicted molar refractivity (Wildman–Crippen MR) is 109 cm³/mol. The molecule has 4 rings (SSSR count). The highest BCUT2D eigenvalue weighted by Gasteiger charge is 2.34. The first kappa shape index (κ1) is 18.1. The number of nitrogens with one attached hydrogen (secondary N) is 1. The monoisotopic (exact) mass is 434 g/mol. The lowest BCUT2D eigenvalue weighted by atomic mass is 10.1. The van der Waals surface area contributed by atoms with Crippen molar-refractivity contribution >= 4 is 39.3 Å². The molecule has 6 heteroatoms. The quantitative estimate of drug-likeness (QED) is 0.614. The van der Waals surface area contributed by atoms with Crippen molar-refractivity contribution in [1.82, 2.24) is 4.90 Å². The third-order valence-corrected chi connectivity index (χ3v) is 4.98. The van der Waals surface area contributed by atoms with E-state index in [2.05, 4.69) is 21.2 Å². The van der Waals surface area contributed by atoms with Crippen LogP contribution in [0.4, 0.5) is 5.69 Å². The van der Waals surface area contributed by atoms with E-state index in [1.165, 1.54) is 4.90 Å². The fourth-order valence-corrected chi connectivity index (χ4v) is 3.54. The summed E-state index contributed by atoms with van der Waals surface area (Å²) in [5.74, 6) is -0.892. The van der Waals surface area contributed by atoms with E-state index in [9.17, 15) is 14.4 Å². The Morgan fingerprint density at radius 2 is 1.54 bits per heavy atom. The van der Waals surface area contributed by atoms with Gasteiger partial charge in [0.05, 0.1) is 17.7 Å². The van der Waals surface area contributed by atoms with E-state index in [0.29, 0.717) is 27.9 Å². The number of amides is 3. The number of benzene rings is 3. The minimum atomic E-state index is -0.315. The Kier molecular flexibility index (Phi) is 4.79. The van der Waals surface area contributed by atoms with Crippen molar-refractivity contribution in [1.29, 1.82) is 0 Å². The number of fused-ring (bicyclic) bond motifs is 1. The minimum absolute atomic E-state index is 0.115. The summed E-state index contributed by atoms with van der Waals surface area (Å²) < 4.78 is 0.865. The zero-order valence-electron chi connectivity index (χ0n) is 14.7. The molecular weight excluding hydrogens is 420 g/mol. The Hall–Kier alpha value is -3.25. The Balaban J connectivity index is 1.52. The summed E-state index contributed by atoms with van der Waals surface area (Å²) in [5.41, 5.74) is 2.66. The summed E-state index contributed by atoms with van der Waals surface area (Å²) in [4.78, 5) is 38.8. The molecule has 1 aliphatic heterocycles. The largest absolute Gasteiger partial charge is 0.322 e. The van der Waals surface area contributed by atoms with E-state index >= 15 is 0 Å². The second-order valence-corrected chi connectivity index (χ2v) is 7.32. The van der Waals surface area contributed by atoms with Gasteiger partial charge in [0, 0.05) is 15.7 Å². The van der Waals surface area contributed by atoms with Crippen molar-refractivity contribution < 1.29 is 14.4 Å². The first-order chi connectivity index (χ1) is 13.5. The van der Waals surface area contributed by atoms with Crippen molar-refractivity contribution in [3.05, 3.63) is 99.5 Å². The molecule has 3 amide bonds. The molecule has 0 spiro atoms. The van der Waals surface area contributed by atoms with Crippen LogP contribution >= 0.6 is 15.9 Å². The van der Waals surface area contributed by atoms with Gasteiger partial charge in [-0.2, -0.15) is 0 Å². The highest BCUT2D eigenvalue weighted by molar-refractivity contribution is 9.10. The molecule has 0 atom stereocenters. The standard InChI is InChI=1S/C22H15BrN2O3/c23-16-7-4-8-17(12-16)24-20(26)15-6-3-5-14(11-15)13-25-21(27)18-9-1-2-10-19(18)22(25)28/h1-12H,13H2,(H,24,26). The van der Waals surface area contributed by atoms with E-state index < -0.39 is 0 Å². The second kappa shape index (κ2) is 7.40. The molecular formula is C22H15BrN2O3. The SMILES string of the molecule is O=C(Nc1cccc(Br)c1)c1cccc(CN2C(=O)c3ccccc3C2=O)c1. The average Bonchev–Trinajstić information content (AvgIpc) is 2.93. The molecule has 3 aromatic rings. The number of halogens is 1. The molecule has 0 unspecified atom stereocenters. The van der Waals surface area contributed by atoms with Crippen LogP contribution < -0.4 is 5.32 Å². The smallest absolute Gasteiger partial charge is 0.261 e. The number of hydrogen-bond donors (Lipinski definition) is 1. The summed E-state index contributed by atoms with van der Waals surface area (Å²) in [6.07, 6.45) is 0. The molecule has 0 saturated carbocycles. The number of hydrogen-bond acceptors (Lipinski definition) is 3. The van der Waals surface area contributed by atoms with Crippen LogP contribution in [-0.4, -0.2) is 22.6 Å². The van der Waals surface area contributed by atoms with Crippen LogP contribution in [0.3, 0.4) is 0 Å². The molecule has 3 aromatic carbocycles. The van der Waals surface area contributed by atoms with Crippen molar-refractivity contribution in [2.75, 3.05) is 5.32 Å². The summed E-state index contributed by atoms with van der Waals surface area (Å²) in [5, 5.41) is 2.84. The molecule has 0 aromatic heterocycles. The van der Waals surface area contributed by atoms with Crippen LogP contribution in [0.15, 0.2) is 77.3 Å². The number of anilines is 1. The Labute approximate surface area is 170 Å². The number of nitrogens with zero attached hydrogens (tertiary/aromatic N) is 1. The zero-order chi connectivity index (χ0) is 19.7. The molecule has 1 aliphatic rings. The van der Waals surface area contributed by atoms with Crippen LogP contribution in [0.2, 0.25) is 0 Å². The molecule has 0 radical (unpaired) electrons. The van der Waals surface area contributed by atoms with Gasteiger partial charge in [-0.05, 0) is 48.0 Å². The normalized spacial score (nSPS) is 12.8. The molecule has 138 valence electrons. The van der Waals surface area contributed by atoms with Gasteiger partial charge in [-0.25, -0.2) is 0 Å². The fourth-order valence-electron chi connectivity index (χ4n) is 3.15. The van der Waals surface area contributed by atoms with Crippen molar-refractivity contribution in [3.63, 3.8) is 0 Å². The Morgan fingerprint density at radius 1 is 0.857 bits per heavy atom. The van der Waals surface area contributed by atoms with Crippen molar-refractivity contribution in [3.8, 4) is 0 Å². The molecule has 0 fully saturated rings. The van der Waals surface area contributed by atoms with Crippen LogP contribution in [0, 0.1) is 0 Å². The summed E-state index contributed by atoms with van der Waals surface area (Å²) in [7, 11) is 0. The lowest BCUT2D eigenvalue weighted by molar-refractivity contribution is 0.0642. The fraction of sp³-hybridized carbons (Fsp3) is 0.0455. The van der Waals surface area contributed by atoms with Gasteiger partial charge in [-0.15, -0.1) is 0 Å². The van der Waals surface area contributed by atoms with Crippen molar-refractivity contribution in [2.45, 2.75) is 6.54 Å². The predicted octanol–water partition coefficient (Wildman–Crippen LogP) is 4.50.